The highest BCUT2D eigenvalue weighted by atomic mass is 32.2. The number of benzene rings is 1. The SMILES string of the molecule is CCC(CC)(CN)NC(=O)CCSc1ccc2c(c1)OCCO2. The van der Waals surface area contributed by atoms with Crippen molar-refractivity contribution in [2.24, 2.45) is 5.73 Å². The van der Waals surface area contributed by atoms with E-state index < -0.39 is 0 Å². The van der Waals surface area contributed by atoms with E-state index in [0.717, 1.165) is 35.0 Å². The average molecular weight is 338 g/mol. The Hall–Kier alpha value is -1.40. The number of ether oxygens (including phenoxy) is 2. The van der Waals surface area contributed by atoms with Crippen LogP contribution >= 0.6 is 11.8 Å². The van der Waals surface area contributed by atoms with Crippen molar-refractivity contribution in [1.82, 2.24) is 5.32 Å². The molecular formula is C17H26N2O3S. The Morgan fingerprint density at radius 1 is 1.26 bits per heavy atom. The molecule has 0 spiro atoms. The zero-order chi connectivity index (χ0) is 16.7. The van der Waals surface area contributed by atoms with Crippen molar-refractivity contribution >= 4 is 17.7 Å². The second-order valence-corrected chi connectivity index (χ2v) is 6.81. The molecule has 6 heteroatoms. The molecular weight excluding hydrogens is 312 g/mol. The Bertz CT molecular complexity index is 524. The summed E-state index contributed by atoms with van der Waals surface area (Å²) in [7, 11) is 0. The van der Waals surface area contributed by atoms with Crippen LogP contribution in [0.3, 0.4) is 0 Å². The number of nitrogens with one attached hydrogen (secondary N) is 1. The summed E-state index contributed by atoms with van der Waals surface area (Å²) < 4.78 is 11.1. The third-order valence-corrected chi connectivity index (χ3v) is 5.26. The van der Waals surface area contributed by atoms with E-state index in [0.29, 0.717) is 26.2 Å². The fraction of sp³-hybridized carbons (Fsp3) is 0.588. The van der Waals surface area contributed by atoms with Crippen molar-refractivity contribution in [3.05, 3.63) is 18.2 Å². The largest absolute Gasteiger partial charge is 0.486 e. The molecule has 0 fully saturated rings. The minimum Gasteiger partial charge on any atom is -0.486 e. The van der Waals surface area contributed by atoms with Gasteiger partial charge in [-0.3, -0.25) is 4.79 Å². The van der Waals surface area contributed by atoms with Crippen LogP contribution in [0.15, 0.2) is 23.1 Å². The van der Waals surface area contributed by atoms with E-state index in [2.05, 4.69) is 19.2 Å². The van der Waals surface area contributed by atoms with E-state index in [1.807, 2.05) is 18.2 Å². The summed E-state index contributed by atoms with van der Waals surface area (Å²) in [4.78, 5) is 13.2. The van der Waals surface area contributed by atoms with E-state index in [4.69, 9.17) is 15.2 Å². The molecule has 23 heavy (non-hydrogen) atoms. The smallest absolute Gasteiger partial charge is 0.221 e. The summed E-state index contributed by atoms with van der Waals surface area (Å²) >= 11 is 1.64. The van der Waals surface area contributed by atoms with Gasteiger partial charge in [0.1, 0.15) is 13.2 Å². The van der Waals surface area contributed by atoms with Gasteiger partial charge in [0.05, 0.1) is 5.54 Å². The normalized spacial score (nSPS) is 13.7. The minimum absolute atomic E-state index is 0.0594. The van der Waals surface area contributed by atoms with E-state index in [1.54, 1.807) is 11.8 Å². The quantitative estimate of drug-likeness (QED) is 0.713. The Morgan fingerprint density at radius 2 is 1.96 bits per heavy atom. The highest BCUT2D eigenvalue weighted by molar-refractivity contribution is 7.99. The summed E-state index contributed by atoms with van der Waals surface area (Å²) in [6.07, 6.45) is 2.17. The molecule has 1 aromatic carbocycles. The fourth-order valence-corrected chi connectivity index (χ4v) is 3.38. The van der Waals surface area contributed by atoms with Crippen molar-refractivity contribution in [2.75, 3.05) is 25.5 Å². The number of fused-ring (bicyclic) bond motifs is 1. The molecule has 0 unspecified atom stereocenters. The Labute approximate surface area is 142 Å². The lowest BCUT2D eigenvalue weighted by Gasteiger charge is -2.31. The standard InChI is InChI=1S/C17H26N2O3S/c1-3-17(4-2,12-18)19-16(20)7-10-23-13-5-6-14-15(11-13)22-9-8-21-14/h5-6,11H,3-4,7-10,12,18H2,1-2H3,(H,19,20). The van der Waals surface area contributed by atoms with Crippen LogP contribution in [0.1, 0.15) is 33.1 Å². The maximum absolute atomic E-state index is 12.1. The van der Waals surface area contributed by atoms with E-state index in [1.165, 1.54) is 0 Å². The van der Waals surface area contributed by atoms with Crippen LogP contribution in [0.2, 0.25) is 0 Å². The van der Waals surface area contributed by atoms with Crippen molar-refractivity contribution in [3.8, 4) is 11.5 Å². The zero-order valence-corrected chi connectivity index (χ0v) is 14.7. The zero-order valence-electron chi connectivity index (χ0n) is 13.9. The maximum Gasteiger partial charge on any atom is 0.221 e. The number of hydrogen-bond donors (Lipinski definition) is 2. The Kier molecular flexibility index (Phi) is 6.59. The van der Waals surface area contributed by atoms with Gasteiger partial charge in [0, 0.05) is 23.6 Å². The molecule has 5 nitrogen and oxygen atoms in total. The highest BCUT2D eigenvalue weighted by Crippen LogP contribution is 2.34. The highest BCUT2D eigenvalue weighted by Gasteiger charge is 2.25. The fourth-order valence-electron chi connectivity index (χ4n) is 2.50. The number of amides is 1. The first kappa shape index (κ1) is 17.9. The Balaban J connectivity index is 1.81. The molecule has 1 heterocycles. The summed E-state index contributed by atoms with van der Waals surface area (Å²) in [5.41, 5.74) is 5.55. The van der Waals surface area contributed by atoms with Crippen molar-refractivity contribution in [1.29, 1.82) is 0 Å². The number of thioether (sulfide) groups is 1. The number of hydrogen-bond acceptors (Lipinski definition) is 5. The number of carbonyl (C=O) groups excluding carboxylic acids is 1. The van der Waals surface area contributed by atoms with Gasteiger partial charge in [-0.05, 0) is 31.0 Å². The lowest BCUT2D eigenvalue weighted by molar-refractivity contribution is -0.122. The van der Waals surface area contributed by atoms with Gasteiger partial charge in [-0.1, -0.05) is 13.8 Å². The summed E-state index contributed by atoms with van der Waals surface area (Å²) in [6.45, 7) is 5.76. The molecule has 1 aliphatic rings. The van der Waals surface area contributed by atoms with Gasteiger partial charge >= 0.3 is 0 Å². The van der Waals surface area contributed by atoms with Crippen LogP contribution < -0.4 is 20.5 Å². The van der Waals surface area contributed by atoms with Gasteiger partial charge in [-0.25, -0.2) is 0 Å². The lowest BCUT2D eigenvalue weighted by atomic mass is 9.93. The topological polar surface area (TPSA) is 73.6 Å². The molecule has 0 saturated heterocycles. The molecule has 0 bridgehead atoms. The minimum atomic E-state index is -0.265. The molecule has 0 aromatic heterocycles. The lowest BCUT2D eigenvalue weighted by Crippen LogP contribution is -2.52. The van der Waals surface area contributed by atoms with Crippen molar-refractivity contribution < 1.29 is 14.3 Å². The van der Waals surface area contributed by atoms with Crippen LogP contribution in [0, 0.1) is 0 Å². The molecule has 1 aliphatic heterocycles. The van der Waals surface area contributed by atoms with Gasteiger partial charge in [0.15, 0.2) is 11.5 Å². The van der Waals surface area contributed by atoms with Gasteiger partial charge < -0.3 is 20.5 Å². The molecule has 2 rings (SSSR count). The second kappa shape index (κ2) is 8.45. The van der Waals surface area contributed by atoms with Crippen LogP contribution in [0.25, 0.3) is 0 Å². The predicted octanol–water partition coefficient (Wildman–Crippen LogP) is 2.57. The van der Waals surface area contributed by atoms with Gasteiger partial charge in [-0.15, -0.1) is 11.8 Å². The molecule has 0 saturated carbocycles. The van der Waals surface area contributed by atoms with Crippen LogP contribution in [0.5, 0.6) is 11.5 Å². The van der Waals surface area contributed by atoms with Crippen molar-refractivity contribution in [3.63, 3.8) is 0 Å². The monoisotopic (exact) mass is 338 g/mol. The van der Waals surface area contributed by atoms with Gasteiger partial charge in [-0.2, -0.15) is 0 Å². The molecule has 0 atom stereocenters. The third kappa shape index (κ3) is 4.78. The predicted molar refractivity (Wildman–Crippen MR) is 93.3 cm³/mol. The van der Waals surface area contributed by atoms with Crippen LogP contribution in [-0.4, -0.2) is 37.0 Å². The van der Waals surface area contributed by atoms with E-state index in [-0.39, 0.29) is 11.4 Å². The molecule has 1 aromatic rings. The van der Waals surface area contributed by atoms with Gasteiger partial charge in [0.2, 0.25) is 5.91 Å². The first-order valence-electron chi connectivity index (χ1n) is 8.16. The molecule has 0 radical (unpaired) electrons. The van der Waals surface area contributed by atoms with E-state index >= 15 is 0 Å². The van der Waals surface area contributed by atoms with Crippen LogP contribution in [-0.2, 0) is 4.79 Å². The number of carbonyl (C=O) groups is 1. The Morgan fingerprint density at radius 3 is 2.61 bits per heavy atom. The molecule has 3 N–H and O–H groups in total. The third-order valence-electron chi connectivity index (χ3n) is 4.26. The maximum atomic E-state index is 12.1. The molecule has 0 aliphatic carbocycles. The number of nitrogens with two attached hydrogens (primary N) is 1. The van der Waals surface area contributed by atoms with Crippen LogP contribution in [0.4, 0.5) is 0 Å². The average Bonchev–Trinajstić information content (AvgIpc) is 2.60. The summed E-state index contributed by atoms with van der Waals surface area (Å²) in [5.74, 6) is 2.35. The summed E-state index contributed by atoms with van der Waals surface area (Å²) in [5, 5.41) is 3.09. The van der Waals surface area contributed by atoms with E-state index in [9.17, 15) is 4.79 Å². The van der Waals surface area contributed by atoms with Gasteiger partial charge in [0.25, 0.3) is 0 Å². The first-order valence-corrected chi connectivity index (χ1v) is 9.14. The summed E-state index contributed by atoms with van der Waals surface area (Å²) in [6, 6.07) is 5.89. The van der Waals surface area contributed by atoms with Crippen molar-refractivity contribution in [2.45, 2.75) is 43.5 Å². The second-order valence-electron chi connectivity index (χ2n) is 5.64. The molecule has 1 amide bonds. The number of rotatable bonds is 8. The molecule has 128 valence electrons. The first-order chi connectivity index (χ1) is 11.1.